The summed E-state index contributed by atoms with van der Waals surface area (Å²) in [5, 5.41) is 7.50. The van der Waals surface area contributed by atoms with Gasteiger partial charge in [0.15, 0.2) is 0 Å². The molecule has 0 unspecified atom stereocenters. The van der Waals surface area contributed by atoms with Crippen molar-refractivity contribution in [2.24, 2.45) is 23.2 Å². The van der Waals surface area contributed by atoms with Crippen LogP contribution < -0.4 is 16.3 Å². The molecule has 4 rings (SSSR count). The molecule has 0 aromatic carbocycles. The van der Waals surface area contributed by atoms with Crippen molar-refractivity contribution in [1.82, 2.24) is 9.78 Å². The number of esters is 1. The normalized spacial score (nSPS) is 29.6. The van der Waals surface area contributed by atoms with E-state index in [9.17, 15) is 9.59 Å². The highest BCUT2D eigenvalue weighted by molar-refractivity contribution is 6.35. The van der Waals surface area contributed by atoms with Crippen molar-refractivity contribution in [3.05, 3.63) is 16.6 Å². The molecule has 4 atom stereocenters. The topological polar surface area (TPSA) is 73.2 Å². The summed E-state index contributed by atoms with van der Waals surface area (Å²) in [7, 11) is 6.01. The van der Waals surface area contributed by atoms with E-state index >= 15 is 0 Å². The third-order valence-corrected chi connectivity index (χ3v) is 6.36. The zero-order chi connectivity index (χ0) is 18.4. The lowest BCUT2D eigenvalue weighted by Crippen LogP contribution is -2.58. The number of ether oxygens (including phenoxy) is 1. The van der Waals surface area contributed by atoms with Crippen LogP contribution in [0.5, 0.6) is 0 Å². The number of anilines is 1. The summed E-state index contributed by atoms with van der Waals surface area (Å²) in [6.07, 6.45) is 3.91. The molecule has 0 aliphatic heterocycles. The molecule has 0 saturated heterocycles. The zero-order valence-electron chi connectivity index (χ0n) is 15.4. The minimum atomic E-state index is -0.500. The van der Waals surface area contributed by atoms with Crippen LogP contribution in [-0.2, 0) is 16.1 Å². The van der Waals surface area contributed by atoms with Crippen molar-refractivity contribution < 1.29 is 9.53 Å². The van der Waals surface area contributed by atoms with Crippen LogP contribution >= 0.6 is 0 Å². The fourth-order valence-corrected chi connectivity index (χ4v) is 4.60. The first-order valence-corrected chi connectivity index (χ1v) is 9.03. The van der Waals surface area contributed by atoms with Crippen molar-refractivity contribution in [2.45, 2.75) is 53.1 Å². The van der Waals surface area contributed by atoms with Gasteiger partial charge in [0.25, 0.3) is 5.56 Å². The number of carbonyl (C=O) groups is 1. The third kappa shape index (κ3) is 3.09. The predicted octanol–water partition coefficient (Wildman–Crippen LogP) is 1.08. The monoisotopic (exact) mass is 343 g/mol. The molecule has 2 radical (unpaired) electrons. The van der Waals surface area contributed by atoms with Crippen molar-refractivity contribution in [3.63, 3.8) is 0 Å². The molecule has 6 nitrogen and oxygen atoms in total. The Bertz CT molecular complexity index is 731. The van der Waals surface area contributed by atoms with Gasteiger partial charge in [-0.2, -0.15) is 5.10 Å². The molecule has 3 saturated carbocycles. The zero-order valence-corrected chi connectivity index (χ0v) is 15.4. The lowest BCUT2D eigenvalue weighted by atomic mass is 9.44. The summed E-state index contributed by atoms with van der Waals surface area (Å²) in [6.45, 7) is 8.73. The molecule has 0 amide bonds. The molecular weight excluding hydrogens is 317 g/mol. The van der Waals surface area contributed by atoms with Gasteiger partial charge < -0.3 is 10.1 Å². The van der Waals surface area contributed by atoms with Gasteiger partial charge in [0.1, 0.15) is 14.4 Å². The van der Waals surface area contributed by atoms with Gasteiger partial charge in [-0.3, -0.25) is 9.59 Å². The summed E-state index contributed by atoms with van der Waals surface area (Å²) in [5.74, 6) is 1.42. The second kappa shape index (κ2) is 6.50. The third-order valence-electron chi connectivity index (χ3n) is 6.36. The highest BCUT2D eigenvalue weighted by Crippen LogP contribution is 2.61. The number of hydrogen-bond acceptors (Lipinski definition) is 5. The van der Waals surface area contributed by atoms with Gasteiger partial charge in [0.2, 0.25) is 0 Å². The Labute approximate surface area is 149 Å². The lowest BCUT2D eigenvalue weighted by molar-refractivity contribution is -0.144. The number of rotatable bonds is 5. The average Bonchev–Trinajstić information content (AvgIpc) is 2.55. The fourth-order valence-electron chi connectivity index (χ4n) is 4.60. The Morgan fingerprint density at radius 3 is 2.80 bits per heavy atom. The first kappa shape index (κ1) is 18.0. The standard InChI is InChI=1S/C18H26BN3O3/c1-5-25-15(23)9-22-17(24)16(19)14(8-20-22)21-13-7-11-6-12(10(13)2)18(11,3)4/h8,10-13,21H,5-7,9H2,1-4H3/t10-,11+,12-,13-/m1/s1. The van der Waals surface area contributed by atoms with Crippen LogP contribution in [0.3, 0.4) is 0 Å². The molecule has 3 aliphatic rings. The number of hydrogen-bond donors (Lipinski definition) is 1. The molecule has 0 spiro atoms. The number of nitrogens with one attached hydrogen (secondary N) is 1. The second-order valence-electron chi connectivity index (χ2n) is 7.95. The molecule has 7 heteroatoms. The highest BCUT2D eigenvalue weighted by atomic mass is 16.5. The Morgan fingerprint density at radius 2 is 2.20 bits per heavy atom. The first-order valence-electron chi connectivity index (χ1n) is 9.03. The summed E-state index contributed by atoms with van der Waals surface area (Å²) >= 11 is 0. The van der Waals surface area contributed by atoms with Gasteiger partial charge in [0, 0.05) is 6.04 Å². The van der Waals surface area contributed by atoms with Crippen LogP contribution in [0.4, 0.5) is 5.69 Å². The second-order valence-corrected chi connectivity index (χ2v) is 7.95. The van der Waals surface area contributed by atoms with E-state index in [4.69, 9.17) is 12.6 Å². The summed E-state index contributed by atoms with van der Waals surface area (Å²) in [5.41, 5.74) is 0.600. The van der Waals surface area contributed by atoms with Crippen molar-refractivity contribution >= 4 is 25.0 Å². The van der Waals surface area contributed by atoms with E-state index in [0.29, 0.717) is 34.9 Å². The van der Waals surface area contributed by atoms with Gasteiger partial charge in [-0.25, -0.2) is 4.68 Å². The smallest absolute Gasteiger partial charge is 0.327 e. The van der Waals surface area contributed by atoms with E-state index in [0.717, 1.165) is 11.1 Å². The van der Waals surface area contributed by atoms with Crippen molar-refractivity contribution in [3.8, 4) is 0 Å². The fraction of sp³-hybridized carbons (Fsp3) is 0.722. The minimum absolute atomic E-state index is 0.102. The molecular formula is C18H26BN3O3. The van der Waals surface area contributed by atoms with Crippen LogP contribution in [-0.4, -0.2) is 36.2 Å². The molecule has 1 heterocycles. The minimum Gasteiger partial charge on any atom is -0.465 e. The number of nitrogens with zero attached hydrogens (tertiary/aromatic N) is 2. The van der Waals surface area contributed by atoms with E-state index in [-0.39, 0.29) is 18.6 Å². The van der Waals surface area contributed by atoms with Crippen LogP contribution in [0.15, 0.2) is 11.0 Å². The van der Waals surface area contributed by atoms with Crippen molar-refractivity contribution in [2.75, 3.05) is 11.9 Å². The summed E-state index contributed by atoms with van der Waals surface area (Å²) in [6, 6.07) is 0.293. The van der Waals surface area contributed by atoms with Crippen LogP contribution in [0.25, 0.3) is 0 Å². The summed E-state index contributed by atoms with van der Waals surface area (Å²) < 4.78 is 5.89. The van der Waals surface area contributed by atoms with Crippen LogP contribution in [0.1, 0.15) is 40.5 Å². The van der Waals surface area contributed by atoms with Gasteiger partial charge in [-0.1, -0.05) is 20.8 Å². The Kier molecular flexibility index (Phi) is 4.69. The molecule has 1 N–H and O–H groups in total. The van der Waals surface area contributed by atoms with E-state index in [1.165, 1.54) is 12.6 Å². The number of fused-ring (bicyclic) bond motifs is 2. The maximum atomic E-state index is 12.4. The van der Waals surface area contributed by atoms with Gasteiger partial charge in [-0.15, -0.1) is 0 Å². The molecule has 3 fully saturated rings. The lowest BCUT2D eigenvalue weighted by Gasteiger charge is -2.62. The molecule has 1 aromatic rings. The average molecular weight is 343 g/mol. The quantitative estimate of drug-likeness (QED) is 0.640. The molecule has 134 valence electrons. The molecule has 25 heavy (non-hydrogen) atoms. The van der Waals surface area contributed by atoms with Crippen molar-refractivity contribution in [1.29, 1.82) is 0 Å². The predicted molar refractivity (Wildman–Crippen MR) is 97.1 cm³/mol. The van der Waals surface area contributed by atoms with Gasteiger partial charge in [-0.05, 0) is 48.4 Å². The maximum absolute atomic E-state index is 12.4. The van der Waals surface area contributed by atoms with E-state index in [1.54, 1.807) is 6.92 Å². The van der Waals surface area contributed by atoms with E-state index < -0.39 is 11.5 Å². The Morgan fingerprint density at radius 1 is 1.48 bits per heavy atom. The Hall–Kier alpha value is -1.79. The molecule has 1 aromatic heterocycles. The van der Waals surface area contributed by atoms with Gasteiger partial charge >= 0.3 is 5.97 Å². The number of carbonyl (C=O) groups excluding carboxylic acids is 1. The summed E-state index contributed by atoms with van der Waals surface area (Å²) in [4.78, 5) is 23.9. The largest absolute Gasteiger partial charge is 0.465 e. The molecule has 3 aliphatic carbocycles. The van der Waals surface area contributed by atoms with Gasteiger partial charge in [0.05, 0.1) is 18.5 Å². The Balaban J connectivity index is 1.73. The van der Waals surface area contributed by atoms with E-state index in [2.05, 4.69) is 31.2 Å². The maximum Gasteiger partial charge on any atom is 0.327 e. The molecule has 2 bridgehead atoms. The first-order chi connectivity index (χ1) is 11.8. The van der Waals surface area contributed by atoms with E-state index in [1.807, 2.05) is 0 Å². The van der Waals surface area contributed by atoms with Crippen LogP contribution in [0, 0.1) is 23.2 Å². The SMILES string of the molecule is [B]c1c(N[C@@H]2C[C@@H]3C[C@H]([C@H]2C)C3(C)C)cnn(CC(=O)OCC)c1=O. The highest BCUT2D eigenvalue weighted by Gasteiger charge is 2.56. The van der Waals surface area contributed by atoms with Crippen LogP contribution in [0.2, 0.25) is 0 Å². The number of aromatic nitrogens is 2.